The molecule has 0 spiro atoms. The number of nitrogens with one attached hydrogen (secondary N) is 1. The fraction of sp³-hybridized carbons (Fsp3) is 0.222. The molecule has 1 unspecified atom stereocenters. The largest absolute Gasteiger partial charge is 0.495 e. The summed E-state index contributed by atoms with van der Waals surface area (Å²) in [5.41, 5.74) is 2.04. The number of rotatable bonds is 7. The fourth-order valence-electron chi connectivity index (χ4n) is 4.05. The van der Waals surface area contributed by atoms with Crippen LogP contribution in [-0.4, -0.2) is 27.6 Å². The number of benzene rings is 3. The average Bonchev–Trinajstić information content (AvgIpc) is 2.87. The third kappa shape index (κ3) is 4.64. The Morgan fingerprint density at radius 2 is 1.71 bits per heavy atom. The van der Waals surface area contributed by atoms with Gasteiger partial charge in [0.2, 0.25) is 0 Å². The van der Waals surface area contributed by atoms with Crippen LogP contribution < -0.4 is 15.6 Å². The second-order valence-electron chi connectivity index (χ2n) is 7.96. The van der Waals surface area contributed by atoms with E-state index in [0.29, 0.717) is 41.3 Å². The molecule has 1 atom stereocenters. The van der Waals surface area contributed by atoms with Crippen LogP contribution in [0.3, 0.4) is 0 Å². The molecule has 3 aromatic carbocycles. The number of para-hydroxylation sites is 3. The number of urea groups is 1. The molecule has 0 aliphatic rings. The third-order valence-electron chi connectivity index (χ3n) is 5.85. The maximum absolute atomic E-state index is 13.6. The van der Waals surface area contributed by atoms with Gasteiger partial charge in [0.05, 0.1) is 29.7 Å². The van der Waals surface area contributed by atoms with E-state index < -0.39 is 6.04 Å². The lowest BCUT2D eigenvalue weighted by Crippen LogP contribution is -2.39. The van der Waals surface area contributed by atoms with Crippen LogP contribution in [-0.2, 0) is 13.1 Å². The molecule has 0 bridgehead atoms. The normalized spacial score (nSPS) is 11.7. The van der Waals surface area contributed by atoms with Gasteiger partial charge in [-0.1, -0.05) is 54.6 Å². The Morgan fingerprint density at radius 3 is 2.44 bits per heavy atom. The average molecular weight is 457 g/mol. The number of ether oxygens (including phenoxy) is 1. The second kappa shape index (κ2) is 10.2. The maximum atomic E-state index is 13.6. The zero-order valence-electron chi connectivity index (χ0n) is 19.6. The molecule has 0 saturated heterocycles. The van der Waals surface area contributed by atoms with Gasteiger partial charge in [-0.3, -0.25) is 9.36 Å². The summed E-state index contributed by atoms with van der Waals surface area (Å²) in [5, 5.41) is 3.53. The molecule has 4 aromatic rings. The van der Waals surface area contributed by atoms with Crippen molar-refractivity contribution in [1.29, 1.82) is 0 Å². The van der Waals surface area contributed by atoms with Crippen molar-refractivity contribution in [3.63, 3.8) is 0 Å². The van der Waals surface area contributed by atoms with Gasteiger partial charge < -0.3 is 15.0 Å². The molecular weight excluding hydrogens is 428 g/mol. The Labute approximate surface area is 198 Å². The summed E-state index contributed by atoms with van der Waals surface area (Å²) in [5.74, 6) is 1.11. The molecule has 0 fully saturated rings. The summed E-state index contributed by atoms with van der Waals surface area (Å²) in [4.78, 5) is 33.3. The van der Waals surface area contributed by atoms with Crippen molar-refractivity contribution in [3.8, 4) is 5.75 Å². The second-order valence-corrected chi connectivity index (χ2v) is 7.96. The van der Waals surface area contributed by atoms with Gasteiger partial charge in [0.15, 0.2) is 0 Å². The molecule has 34 heavy (non-hydrogen) atoms. The Hall–Kier alpha value is -4.13. The van der Waals surface area contributed by atoms with Gasteiger partial charge in [-0.05, 0) is 43.7 Å². The lowest BCUT2D eigenvalue weighted by molar-refractivity contribution is 0.184. The molecular formula is C27H28N4O3. The molecule has 1 N–H and O–H groups in total. The van der Waals surface area contributed by atoms with Crippen molar-refractivity contribution in [1.82, 2.24) is 14.5 Å². The van der Waals surface area contributed by atoms with E-state index in [1.807, 2.05) is 74.5 Å². The number of nitrogens with zero attached hydrogens (tertiary/aromatic N) is 3. The molecule has 0 radical (unpaired) electrons. The zero-order valence-corrected chi connectivity index (χ0v) is 19.6. The third-order valence-corrected chi connectivity index (χ3v) is 5.85. The quantitative estimate of drug-likeness (QED) is 0.414. The monoisotopic (exact) mass is 456 g/mol. The van der Waals surface area contributed by atoms with E-state index in [9.17, 15) is 9.59 Å². The van der Waals surface area contributed by atoms with E-state index in [1.54, 1.807) is 34.8 Å². The highest BCUT2D eigenvalue weighted by atomic mass is 16.5. The van der Waals surface area contributed by atoms with Crippen molar-refractivity contribution in [2.75, 3.05) is 12.4 Å². The lowest BCUT2D eigenvalue weighted by Gasteiger charge is -2.31. The fourth-order valence-corrected chi connectivity index (χ4v) is 4.05. The van der Waals surface area contributed by atoms with Crippen molar-refractivity contribution in [3.05, 3.63) is 101 Å². The number of carbonyl (C=O) groups excluding carboxylic acids is 1. The highest BCUT2D eigenvalue weighted by Crippen LogP contribution is 2.27. The highest BCUT2D eigenvalue weighted by Gasteiger charge is 2.27. The number of hydrogen-bond acceptors (Lipinski definition) is 4. The number of methoxy groups -OCH3 is 1. The highest BCUT2D eigenvalue weighted by molar-refractivity contribution is 5.91. The van der Waals surface area contributed by atoms with E-state index >= 15 is 0 Å². The van der Waals surface area contributed by atoms with Crippen LogP contribution in [0.5, 0.6) is 5.75 Å². The topological polar surface area (TPSA) is 76.5 Å². The van der Waals surface area contributed by atoms with Crippen LogP contribution in [0, 0.1) is 0 Å². The number of aromatic nitrogens is 2. The van der Waals surface area contributed by atoms with E-state index in [0.717, 1.165) is 5.56 Å². The molecule has 2 amide bonds. The predicted octanol–water partition coefficient (Wildman–Crippen LogP) is 5.22. The number of carbonyl (C=O) groups is 1. The molecule has 0 aliphatic carbocycles. The van der Waals surface area contributed by atoms with E-state index in [2.05, 4.69) is 5.32 Å². The van der Waals surface area contributed by atoms with Gasteiger partial charge in [0.1, 0.15) is 11.6 Å². The Balaban J connectivity index is 1.77. The first-order chi connectivity index (χ1) is 16.5. The first-order valence-electron chi connectivity index (χ1n) is 11.3. The summed E-state index contributed by atoms with van der Waals surface area (Å²) in [6, 6.07) is 23.5. The summed E-state index contributed by atoms with van der Waals surface area (Å²) < 4.78 is 7.04. The Morgan fingerprint density at radius 1 is 1.03 bits per heavy atom. The number of anilines is 1. The first kappa shape index (κ1) is 23.0. The van der Waals surface area contributed by atoms with Crippen LogP contribution in [0.1, 0.15) is 31.3 Å². The van der Waals surface area contributed by atoms with E-state index in [1.165, 1.54) is 0 Å². The first-order valence-corrected chi connectivity index (χ1v) is 11.3. The number of amides is 2. The minimum atomic E-state index is -0.479. The lowest BCUT2D eigenvalue weighted by atomic mass is 10.1. The van der Waals surface area contributed by atoms with Crippen LogP contribution in [0.2, 0.25) is 0 Å². The Kier molecular flexibility index (Phi) is 6.92. The van der Waals surface area contributed by atoms with Crippen LogP contribution >= 0.6 is 0 Å². The summed E-state index contributed by atoms with van der Waals surface area (Å²) in [6.07, 6.45) is 0. The predicted molar refractivity (Wildman–Crippen MR) is 134 cm³/mol. The minimum absolute atomic E-state index is 0.111. The van der Waals surface area contributed by atoms with Crippen molar-refractivity contribution < 1.29 is 9.53 Å². The molecule has 7 heteroatoms. The van der Waals surface area contributed by atoms with Crippen molar-refractivity contribution in [2.45, 2.75) is 33.0 Å². The van der Waals surface area contributed by atoms with Crippen LogP contribution in [0.4, 0.5) is 10.5 Å². The molecule has 7 nitrogen and oxygen atoms in total. The van der Waals surface area contributed by atoms with Gasteiger partial charge in [0, 0.05) is 13.1 Å². The minimum Gasteiger partial charge on any atom is -0.495 e. The molecule has 0 saturated carbocycles. The smallest absolute Gasteiger partial charge is 0.322 e. The molecule has 0 aliphatic heterocycles. The van der Waals surface area contributed by atoms with Crippen LogP contribution in [0.15, 0.2) is 83.7 Å². The molecule has 1 aromatic heterocycles. The van der Waals surface area contributed by atoms with E-state index in [4.69, 9.17) is 9.72 Å². The maximum Gasteiger partial charge on any atom is 0.322 e. The van der Waals surface area contributed by atoms with Gasteiger partial charge in [-0.25, -0.2) is 9.78 Å². The summed E-state index contributed by atoms with van der Waals surface area (Å²) >= 11 is 0. The zero-order chi connectivity index (χ0) is 24.1. The van der Waals surface area contributed by atoms with Gasteiger partial charge in [-0.2, -0.15) is 0 Å². The molecule has 4 rings (SSSR count). The SMILES string of the molecule is CCn1c(C(C)N(Cc2ccccc2)C(=O)Nc2ccccc2OC)nc2ccccc2c1=O. The number of fused-ring (bicyclic) bond motifs is 1. The number of hydrogen-bond donors (Lipinski definition) is 1. The van der Waals surface area contributed by atoms with Crippen molar-refractivity contribution >= 4 is 22.6 Å². The van der Waals surface area contributed by atoms with Gasteiger partial charge in [0.25, 0.3) is 5.56 Å². The molecule has 174 valence electrons. The van der Waals surface area contributed by atoms with Crippen LogP contribution in [0.25, 0.3) is 10.9 Å². The molecule has 1 heterocycles. The van der Waals surface area contributed by atoms with Crippen molar-refractivity contribution in [2.24, 2.45) is 0 Å². The van der Waals surface area contributed by atoms with E-state index in [-0.39, 0.29) is 11.6 Å². The summed E-state index contributed by atoms with van der Waals surface area (Å²) in [6.45, 7) is 4.59. The summed E-state index contributed by atoms with van der Waals surface area (Å²) in [7, 11) is 1.56. The standard InChI is InChI=1S/C27H28N4O3/c1-4-30-25(28-22-15-9-8-14-21(22)26(30)32)19(2)31(18-20-12-6-5-7-13-20)27(33)29-23-16-10-11-17-24(23)34-3/h5-17,19H,4,18H2,1-3H3,(H,29,33). The van der Waals surface area contributed by atoms with Gasteiger partial charge >= 0.3 is 6.03 Å². The Bertz CT molecular complexity index is 1350. The van der Waals surface area contributed by atoms with Gasteiger partial charge in [-0.15, -0.1) is 0 Å².